The van der Waals surface area contributed by atoms with E-state index in [1.807, 2.05) is 19.9 Å². The van der Waals surface area contributed by atoms with E-state index in [0.29, 0.717) is 22.9 Å². The van der Waals surface area contributed by atoms with Crippen LogP contribution in [0.3, 0.4) is 0 Å². The first-order valence-corrected chi connectivity index (χ1v) is 5.02. The highest BCUT2D eigenvalue weighted by atomic mass is 35.5. The van der Waals surface area contributed by atoms with Crippen LogP contribution in [0.15, 0.2) is 29.8 Å². The number of carbonyl (C=O) groups excluding carboxylic acids is 1. The van der Waals surface area contributed by atoms with Crippen molar-refractivity contribution in [3.05, 3.63) is 40.4 Å². The Labute approximate surface area is 94.5 Å². The smallest absolute Gasteiger partial charge is 0.150 e. The maximum absolute atomic E-state index is 10.5. The van der Waals surface area contributed by atoms with Gasteiger partial charge in [-0.3, -0.25) is 4.79 Å². The molecule has 0 amide bonds. The lowest BCUT2D eigenvalue weighted by atomic mass is 10.2. The van der Waals surface area contributed by atoms with Gasteiger partial charge in [0.1, 0.15) is 18.6 Å². The molecule has 0 atom stereocenters. The lowest BCUT2D eigenvalue weighted by Crippen LogP contribution is -1.95. The first-order chi connectivity index (χ1) is 7.13. The van der Waals surface area contributed by atoms with Crippen LogP contribution in [0.25, 0.3) is 0 Å². The lowest BCUT2D eigenvalue weighted by molar-refractivity contribution is 0.112. The molecule has 1 rings (SSSR count). The zero-order valence-electron chi connectivity index (χ0n) is 8.79. The minimum atomic E-state index is 0.460. The normalized spacial score (nSPS) is 9.53. The van der Waals surface area contributed by atoms with E-state index in [9.17, 15) is 4.79 Å². The molecule has 0 fully saturated rings. The highest BCUT2D eigenvalue weighted by molar-refractivity contribution is 6.32. The highest BCUT2D eigenvalue weighted by Gasteiger charge is 2.01. The van der Waals surface area contributed by atoms with Gasteiger partial charge in [0.2, 0.25) is 0 Å². The van der Waals surface area contributed by atoms with E-state index < -0.39 is 0 Å². The van der Waals surface area contributed by atoms with E-state index in [-0.39, 0.29) is 0 Å². The van der Waals surface area contributed by atoms with Crippen LogP contribution in [0.2, 0.25) is 5.02 Å². The molecular formula is C12H13ClO2. The molecule has 0 aliphatic carbocycles. The maximum Gasteiger partial charge on any atom is 0.150 e. The number of rotatable bonds is 4. The Morgan fingerprint density at radius 1 is 1.47 bits per heavy atom. The van der Waals surface area contributed by atoms with Crippen molar-refractivity contribution in [2.75, 3.05) is 6.61 Å². The standard InChI is InChI=1S/C12H13ClO2/c1-9(2)5-6-15-12-4-3-10(8-14)7-11(12)13/h3-5,7-8H,6H2,1-2H3. The molecule has 0 aliphatic heterocycles. The molecule has 0 aliphatic rings. The number of halogens is 1. The van der Waals surface area contributed by atoms with Crippen LogP contribution in [0, 0.1) is 0 Å². The Balaban J connectivity index is 2.70. The summed E-state index contributed by atoms with van der Waals surface area (Å²) in [5.41, 5.74) is 1.74. The molecular weight excluding hydrogens is 212 g/mol. The zero-order chi connectivity index (χ0) is 11.3. The molecule has 0 heterocycles. The molecule has 2 nitrogen and oxygen atoms in total. The third kappa shape index (κ3) is 3.76. The molecule has 15 heavy (non-hydrogen) atoms. The first kappa shape index (κ1) is 11.8. The maximum atomic E-state index is 10.5. The third-order valence-electron chi connectivity index (χ3n) is 1.82. The van der Waals surface area contributed by atoms with Gasteiger partial charge in [-0.1, -0.05) is 17.2 Å². The Hall–Kier alpha value is -1.28. The van der Waals surface area contributed by atoms with E-state index >= 15 is 0 Å². The molecule has 80 valence electrons. The van der Waals surface area contributed by atoms with Crippen LogP contribution in [0.4, 0.5) is 0 Å². The Morgan fingerprint density at radius 3 is 2.73 bits per heavy atom. The number of carbonyl (C=O) groups is 1. The van der Waals surface area contributed by atoms with Gasteiger partial charge in [-0.05, 0) is 38.1 Å². The van der Waals surface area contributed by atoms with Crippen LogP contribution in [-0.2, 0) is 0 Å². The molecule has 0 saturated carbocycles. The Bertz CT molecular complexity index is 379. The molecule has 0 unspecified atom stereocenters. The van der Waals surface area contributed by atoms with Crippen LogP contribution < -0.4 is 4.74 Å². The second-order valence-electron chi connectivity index (χ2n) is 3.40. The molecule has 1 aromatic rings. The minimum absolute atomic E-state index is 0.460. The predicted octanol–water partition coefficient (Wildman–Crippen LogP) is 3.50. The van der Waals surface area contributed by atoms with Gasteiger partial charge in [-0.2, -0.15) is 0 Å². The van der Waals surface area contributed by atoms with Crippen molar-refractivity contribution in [2.45, 2.75) is 13.8 Å². The summed E-state index contributed by atoms with van der Waals surface area (Å²) < 4.78 is 5.42. The van der Waals surface area contributed by atoms with Crippen molar-refractivity contribution < 1.29 is 9.53 Å². The van der Waals surface area contributed by atoms with Gasteiger partial charge in [0.25, 0.3) is 0 Å². The van der Waals surface area contributed by atoms with Gasteiger partial charge in [0.15, 0.2) is 0 Å². The van der Waals surface area contributed by atoms with Crippen molar-refractivity contribution in [3.8, 4) is 5.75 Å². The summed E-state index contributed by atoms with van der Waals surface area (Å²) in [6.45, 7) is 4.49. The fraction of sp³-hybridized carbons (Fsp3) is 0.250. The molecule has 1 aromatic carbocycles. The first-order valence-electron chi connectivity index (χ1n) is 4.64. The number of hydrogen-bond acceptors (Lipinski definition) is 2. The van der Waals surface area contributed by atoms with Gasteiger partial charge in [0, 0.05) is 5.56 Å². The molecule has 0 aromatic heterocycles. The monoisotopic (exact) mass is 224 g/mol. The Kier molecular flexibility index (Phi) is 4.37. The van der Waals surface area contributed by atoms with Gasteiger partial charge in [-0.15, -0.1) is 0 Å². The van der Waals surface area contributed by atoms with Crippen LogP contribution >= 0.6 is 11.6 Å². The molecule has 0 spiro atoms. The largest absolute Gasteiger partial charge is 0.488 e. The second kappa shape index (κ2) is 5.56. The van der Waals surface area contributed by atoms with Crippen molar-refractivity contribution in [1.29, 1.82) is 0 Å². The second-order valence-corrected chi connectivity index (χ2v) is 3.81. The third-order valence-corrected chi connectivity index (χ3v) is 2.12. The molecule has 0 saturated heterocycles. The number of aldehydes is 1. The number of ether oxygens (including phenoxy) is 1. The van der Waals surface area contributed by atoms with Gasteiger partial charge in [0.05, 0.1) is 5.02 Å². The van der Waals surface area contributed by atoms with Crippen molar-refractivity contribution >= 4 is 17.9 Å². The summed E-state index contributed by atoms with van der Waals surface area (Å²) in [4.78, 5) is 10.5. The summed E-state index contributed by atoms with van der Waals surface area (Å²) in [5.74, 6) is 0.597. The fourth-order valence-corrected chi connectivity index (χ4v) is 1.25. The summed E-state index contributed by atoms with van der Waals surface area (Å²) >= 11 is 5.92. The summed E-state index contributed by atoms with van der Waals surface area (Å²) in [7, 11) is 0. The molecule has 0 radical (unpaired) electrons. The number of benzene rings is 1. The van der Waals surface area contributed by atoms with Gasteiger partial charge in [-0.25, -0.2) is 0 Å². The van der Waals surface area contributed by atoms with Crippen molar-refractivity contribution in [3.63, 3.8) is 0 Å². The van der Waals surface area contributed by atoms with Crippen LogP contribution in [0.1, 0.15) is 24.2 Å². The van der Waals surface area contributed by atoms with Gasteiger partial charge < -0.3 is 4.74 Å². The quantitative estimate of drug-likeness (QED) is 0.578. The van der Waals surface area contributed by atoms with Crippen molar-refractivity contribution in [1.82, 2.24) is 0 Å². The van der Waals surface area contributed by atoms with E-state index in [4.69, 9.17) is 16.3 Å². The predicted molar refractivity (Wildman–Crippen MR) is 61.8 cm³/mol. The van der Waals surface area contributed by atoms with E-state index in [1.54, 1.807) is 18.2 Å². The average Bonchev–Trinajstić information content (AvgIpc) is 2.20. The summed E-state index contributed by atoms with van der Waals surface area (Å²) in [5, 5.41) is 0.460. The van der Waals surface area contributed by atoms with Crippen LogP contribution in [0.5, 0.6) is 5.75 Å². The number of hydrogen-bond donors (Lipinski definition) is 0. The van der Waals surface area contributed by atoms with E-state index in [0.717, 1.165) is 6.29 Å². The highest BCUT2D eigenvalue weighted by Crippen LogP contribution is 2.24. The van der Waals surface area contributed by atoms with Gasteiger partial charge >= 0.3 is 0 Å². The molecule has 0 N–H and O–H groups in total. The summed E-state index contributed by atoms with van der Waals surface area (Å²) in [6, 6.07) is 4.97. The van der Waals surface area contributed by atoms with E-state index in [2.05, 4.69) is 0 Å². The minimum Gasteiger partial charge on any atom is -0.488 e. The summed E-state index contributed by atoms with van der Waals surface area (Å²) in [6.07, 6.45) is 2.72. The fourth-order valence-electron chi connectivity index (χ4n) is 1.01. The van der Waals surface area contributed by atoms with Crippen molar-refractivity contribution in [2.24, 2.45) is 0 Å². The lowest BCUT2D eigenvalue weighted by Gasteiger charge is -2.05. The van der Waals surface area contributed by atoms with E-state index in [1.165, 1.54) is 5.57 Å². The molecule has 0 bridgehead atoms. The number of allylic oxidation sites excluding steroid dienone is 1. The molecule has 3 heteroatoms. The SMILES string of the molecule is CC(C)=CCOc1ccc(C=O)cc1Cl. The average molecular weight is 225 g/mol. The Morgan fingerprint density at radius 2 is 2.20 bits per heavy atom. The zero-order valence-corrected chi connectivity index (χ0v) is 9.54. The van der Waals surface area contributed by atoms with Crippen LogP contribution in [-0.4, -0.2) is 12.9 Å². The topological polar surface area (TPSA) is 26.3 Å².